The van der Waals surface area contributed by atoms with Crippen molar-refractivity contribution in [3.8, 4) is 0 Å². The minimum atomic E-state index is 0.706. The Kier molecular flexibility index (Phi) is 3.73. The van der Waals surface area contributed by atoms with E-state index in [0.717, 1.165) is 24.8 Å². The maximum Gasteiger partial charge on any atom is 0.0638 e. The molecule has 1 aliphatic carbocycles. The van der Waals surface area contributed by atoms with Crippen molar-refractivity contribution in [1.82, 2.24) is 5.32 Å². The maximum atomic E-state index is 6.01. The Hall–Kier alpha value is -0.440. The van der Waals surface area contributed by atoms with Crippen molar-refractivity contribution >= 4 is 28.9 Å². The van der Waals surface area contributed by atoms with E-state index in [-0.39, 0.29) is 0 Å². The van der Waals surface area contributed by atoms with Crippen LogP contribution in [0, 0.1) is 0 Å². The molecule has 2 rings (SSSR count). The molecule has 82 valence electrons. The second kappa shape index (κ2) is 5.06. The lowest BCUT2D eigenvalue weighted by Crippen LogP contribution is -2.23. The highest BCUT2D eigenvalue weighted by molar-refractivity contribution is 6.35. The molecule has 1 aromatic carbocycles. The Morgan fingerprint density at radius 2 is 2.00 bits per heavy atom. The normalized spacial score (nSPS) is 15.3. The Morgan fingerprint density at radius 1 is 1.20 bits per heavy atom. The van der Waals surface area contributed by atoms with Gasteiger partial charge in [-0.2, -0.15) is 0 Å². The summed E-state index contributed by atoms with van der Waals surface area (Å²) in [4.78, 5) is 0. The van der Waals surface area contributed by atoms with Crippen molar-refractivity contribution < 1.29 is 0 Å². The van der Waals surface area contributed by atoms with Gasteiger partial charge in [-0.05, 0) is 31.0 Å². The molecule has 0 radical (unpaired) electrons. The molecule has 15 heavy (non-hydrogen) atoms. The predicted molar refractivity (Wildman–Crippen MR) is 66.0 cm³/mol. The Bertz CT molecular complexity index is 337. The molecule has 0 spiro atoms. The molecule has 0 atom stereocenters. The van der Waals surface area contributed by atoms with Gasteiger partial charge in [0.25, 0.3) is 0 Å². The monoisotopic (exact) mass is 244 g/mol. The van der Waals surface area contributed by atoms with Crippen LogP contribution in [0.25, 0.3) is 0 Å². The summed E-state index contributed by atoms with van der Waals surface area (Å²) in [5.41, 5.74) is 0.904. The first-order valence-electron chi connectivity index (χ1n) is 5.18. The SMILES string of the molecule is Clc1ccc(Cl)c(NCCNC2CC2)c1. The van der Waals surface area contributed by atoms with Gasteiger partial charge in [-0.3, -0.25) is 0 Å². The van der Waals surface area contributed by atoms with Gasteiger partial charge in [-0.15, -0.1) is 0 Å². The lowest BCUT2D eigenvalue weighted by molar-refractivity contribution is 0.701. The van der Waals surface area contributed by atoms with Crippen molar-refractivity contribution in [1.29, 1.82) is 0 Å². The number of anilines is 1. The van der Waals surface area contributed by atoms with Crippen LogP contribution in [0.1, 0.15) is 12.8 Å². The first-order valence-corrected chi connectivity index (χ1v) is 5.93. The first-order chi connectivity index (χ1) is 7.25. The van der Waals surface area contributed by atoms with Gasteiger partial charge in [0, 0.05) is 24.2 Å². The quantitative estimate of drug-likeness (QED) is 0.778. The molecule has 2 N–H and O–H groups in total. The Balaban J connectivity index is 1.78. The van der Waals surface area contributed by atoms with E-state index in [2.05, 4.69) is 10.6 Å². The van der Waals surface area contributed by atoms with Crippen molar-refractivity contribution in [2.45, 2.75) is 18.9 Å². The largest absolute Gasteiger partial charge is 0.383 e. The summed E-state index contributed by atoms with van der Waals surface area (Å²) in [6, 6.07) is 6.20. The lowest BCUT2D eigenvalue weighted by Gasteiger charge is -2.09. The zero-order valence-electron chi connectivity index (χ0n) is 8.39. The van der Waals surface area contributed by atoms with Gasteiger partial charge in [0.1, 0.15) is 0 Å². The molecule has 1 fully saturated rings. The topological polar surface area (TPSA) is 24.1 Å². The van der Waals surface area contributed by atoms with Crippen molar-refractivity contribution in [3.05, 3.63) is 28.2 Å². The molecule has 4 heteroatoms. The third kappa shape index (κ3) is 3.56. The van der Waals surface area contributed by atoms with Gasteiger partial charge >= 0.3 is 0 Å². The highest BCUT2D eigenvalue weighted by atomic mass is 35.5. The molecule has 1 aromatic rings. The van der Waals surface area contributed by atoms with E-state index in [0.29, 0.717) is 10.0 Å². The summed E-state index contributed by atoms with van der Waals surface area (Å²) in [5.74, 6) is 0. The number of halogens is 2. The third-order valence-corrected chi connectivity index (χ3v) is 2.94. The number of hydrogen-bond acceptors (Lipinski definition) is 2. The zero-order chi connectivity index (χ0) is 10.7. The lowest BCUT2D eigenvalue weighted by atomic mass is 10.3. The summed E-state index contributed by atoms with van der Waals surface area (Å²) in [6.07, 6.45) is 2.63. The third-order valence-electron chi connectivity index (χ3n) is 2.38. The molecule has 1 saturated carbocycles. The van der Waals surface area contributed by atoms with E-state index >= 15 is 0 Å². The van der Waals surface area contributed by atoms with E-state index in [1.165, 1.54) is 12.8 Å². The van der Waals surface area contributed by atoms with Gasteiger partial charge < -0.3 is 10.6 Å². The van der Waals surface area contributed by atoms with Crippen LogP contribution >= 0.6 is 23.2 Å². The van der Waals surface area contributed by atoms with Crippen LogP contribution < -0.4 is 10.6 Å². The smallest absolute Gasteiger partial charge is 0.0638 e. The van der Waals surface area contributed by atoms with Gasteiger partial charge in [-0.25, -0.2) is 0 Å². The number of nitrogens with one attached hydrogen (secondary N) is 2. The molecule has 0 aromatic heterocycles. The van der Waals surface area contributed by atoms with Gasteiger partial charge in [0.2, 0.25) is 0 Å². The average molecular weight is 245 g/mol. The van der Waals surface area contributed by atoms with Crippen LogP contribution in [0.4, 0.5) is 5.69 Å². The van der Waals surface area contributed by atoms with E-state index < -0.39 is 0 Å². The minimum Gasteiger partial charge on any atom is -0.383 e. The van der Waals surface area contributed by atoms with Crippen molar-refractivity contribution in [2.75, 3.05) is 18.4 Å². The number of benzene rings is 1. The fraction of sp³-hybridized carbons (Fsp3) is 0.455. The highest BCUT2D eigenvalue weighted by Crippen LogP contribution is 2.25. The predicted octanol–water partition coefficient (Wildman–Crippen LogP) is 3.16. The summed E-state index contributed by atoms with van der Waals surface area (Å²) >= 11 is 11.9. The molecular formula is C11H14Cl2N2. The van der Waals surface area contributed by atoms with Crippen molar-refractivity contribution in [3.63, 3.8) is 0 Å². The summed E-state index contributed by atoms with van der Waals surface area (Å²) in [5, 5.41) is 8.10. The second-order valence-corrected chi connectivity index (χ2v) is 4.62. The van der Waals surface area contributed by atoms with Crippen LogP contribution in [-0.4, -0.2) is 19.1 Å². The average Bonchev–Trinajstić information content (AvgIpc) is 3.01. The van der Waals surface area contributed by atoms with E-state index in [4.69, 9.17) is 23.2 Å². The molecule has 0 bridgehead atoms. The van der Waals surface area contributed by atoms with Gasteiger partial charge in [0.15, 0.2) is 0 Å². The molecular weight excluding hydrogens is 231 g/mol. The van der Waals surface area contributed by atoms with E-state index in [9.17, 15) is 0 Å². The molecule has 0 aliphatic heterocycles. The Labute approximate surface area is 100.0 Å². The van der Waals surface area contributed by atoms with Crippen LogP contribution in [-0.2, 0) is 0 Å². The van der Waals surface area contributed by atoms with Crippen LogP contribution in [0.3, 0.4) is 0 Å². The summed E-state index contributed by atoms with van der Waals surface area (Å²) < 4.78 is 0. The fourth-order valence-corrected chi connectivity index (χ4v) is 1.75. The van der Waals surface area contributed by atoms with Crippen molar-refractivity contribution in [2.24, 2.45) is 0 Å². The van der Waals surface area contributed by atoms with Crippen LogP contribution in [0.15, 0.2) is 18.2 Å². The molecule has 0 heterocycles. The first kappa shape index (κ1) is 11.1. The van der Waals surface area contributed by atoms with Crippen LogP contribution in [0.5, 0.6) is 0 Å². The number of rotatable bonds is 5. The molecule has 0 amide bonds. The zero-order valence-corrected chi connectivity index (χ0v) is 9.91. The van der Waals surface area contributed by atoms with Gasteiger partial charge in [0.05, 0.1) is 10.7 Å². The summed E-state index contributed by atoms with van der Waals surface area (Å²) in [7, 11) is 0. The second-order valence-electron chi connectivity index (χ2n) is 3.78. The highest BCUT2D eigenvalue weighted by Gasteiger charge is 2.19. The van der Waals surface area contributed by atoms with Crippen LogP contribution in [0.2, 0.25) is 10.0 Å². The molecule has 2 nitrogen and oxygen atoms in total. The van der Waals surface area contributed by atoms with Gasteiger partial charge in [-0.1, -0.05) is 23.2 Å². The standard InChI is InChI=1S/C11H14Cl2N2/c12-8-1-4-10(13)11(7-8)15-6-5-14-9-2-3-9/h1,4,7,9,14-15H,2-3,5-6H2. The molecule has 0 saturated heterocycles. The maximum absolute atomic E-state index is 6.01. The fourth-order valence-electron chi connectivity index (χ4n) is 1.39. The molecule has 1 aliphatic rings. The van der Waals surface area contributed by atoms with E-state index in [1.54, 1.807) is 12.1 Å². The summed E-state index contributed by atoms with van der Waals surface area (Å²) in [6.45, 7) is 1.84. The Morgan fingerprint density at radius 3 is 2.73 bits per heavy atom. The minimum absolute atomic E-state index is 0.706. The molecule has 0 unspecified atom stereocenters. The number of hydrogen-bond donors (Lipinski definition) is 2. The van der Waals surface area contributed by atoms with E-state index in [1.807, 2.05) is 6.07 Å².